The van der Waals surface area contributed by atoms with Crippen molar-refractivity contribution >= 4 is 28.4 Å². The summed E-state index contributed by atoms with van der Waals surface area (Å²) in [7, 11) is 0. The van der Waals surface area contributed by atoms with Gasteiger partial charge in [-0.15, -0.1) is 0 Å². The van der Waals surface area contributed by atoms with Crippen molar-refractivity contribution in [3.05, 3.63) is 42.1 Å². The van der Waals surface area contributed by atoms with E-state index in [1.807, 2.05) is 36.6 Å². The maximum absolute atomic E-state index is 11.8. The molecule has 1 aromatic heterocycles. The zero-order valence-corrected chi connectivity index (χ0v) is 10.7. The first-order valence-electron chi connectivity index (χ1n) is 5.64. The Morgan fingerprint density at radius 3 is 2.94 bits per heavy atom. The molecule has 0 unspecified atom stereocenters. The van der Waals surface area contributed by atoms with E-state index in [0.29, 0.717) is 18.6 Å². The topological polar surface area (TPSA) is 30.0 Å². The molecule has 2 nitrogen and oxygen atoms in total. The van der Waals surface area contributed by atoms with E-state index < -0.39 is 0 Å². The summed E-state index contributed by atoms with van der Waals surface area (Å²) >= 11 is 1.71. The SMILES string of the molecule is CSCCC(=O)Cc1ccnc2ccccc12. The van der Waals surface area contributed by atoms with E-state index in [4.69, 9.17) is 0 Å². The average molecular weight is 245 g/mol. The van der Waals surface area contributed by atoms with Gasteiger partial charge in [-0.05, 0) is 29.7 Å². The molecule has 0 saturated heterocycles. The highest BCUT2D eigenvalue weighted by Gasteiger charge is 2.06. The van der Waals surface area contributed by atoms with Crippen molar-refractivity contribution < 1.29 is 4.79 Å². The summed E-state index contributed by atoms with van der Waals surface area (Å²) in [5, 5.41) is 1.09. The molecule has 0 fully saturated rings. The maximum Gasteiger partial charge on any atom is 0.138 e. The fraction of sp³-hybridized carbons (Fsp3) is 0.286. The number of fused-ring (bicyclic) bond motifs is 1. The second kappa shape index (κ2) is 5.82. The number of benzene rings is 1. The Morgan fingerprint density at radius 2 is 2.12 bits per heavy atom. The first kappa shape index (κ1) is 12.1. The molecule has 0 saturated carbocycles. The number of aromatic nitrogens is 1. The molecule has 88 valence electrons. The van der Waals surface area contributed by atoms with E-state index >= 15 is 0 Å². The van der Waals surface area contributed by atoms with Gasteiger partial charge in [-0.1, -0.05) is 18.2 Å². The summed E-state index contributed by atoms with van der Waals surface area (Å²) in [5.74, 6) is 1.21. The molecule has 0 spiro atoms. The second-order valence-electron chi connectivity index (χ2n) is 3.95. The van der Waals surface area contributed by atoms with Crippen molar-refractivity contribution in [2.45, 2.75) is 12.8 Å². The lowest BCUT2D eigenvalue weighted by molar-refractivity contribution is -0.118. The van der Waals surface area contributed by atoms with Gasteiger partial charge in [0.15, 0.2) is 0 Å². The highest BCUT2D eigenvalue weighted by Crippen LogP contribution is 2.17. The summed E-state index contributed by atoms with van der Waals surface area (Å²) < 4.78 is 0. The van der Waals surface area contributed by atoms with Crippen LogP contribution in [0.2, 0.25) is 0 Å². The molecular weight excluding hydrogens is 230 g/mol. The van der Waals surface area contributed by atoms with Crippen LogP contribution in [0.5, 0.6) is 0 Å². The molecule has 17 heavy (non-hydrogen) atoms. The number of thioether (sulfide) groups is 1. The van der Waals surface area contributed by atoms with E-state index in [1.54, 1.807) is 18.0 Å². The van der Waals surface area contributed by atoms with Crippen molar-refractivity contribution in [2.24, 2.45) is 0 Å². The number of rotatable bonds is 5. The van der Waals surface area contributed by atoms with Gasteiger partial charge in [0.1, 0.15) is 5.78 Å². The van der Waals surface area contributed by atoms with Crippen LogP contribution in [-0.2, 0) is 11.2 Å². The number of nitrogens with zero attached hydrogens (tertiary/aromatic N) is 1. The third-order valence-corrected chi connectivity index (χ3v) is 3.32. The zero-order chi connectivity index (χ0) is 12.1. The van der Waals surface area contributed by atoms with Crippen molar-refractivity contribution in [2.75, 3.05) is 12.0 Å². The highest BCUT2D eigenvalue weighted by molar-refractivity contribution is 7.98. The molecule has 1 aromatic carbocycles. The number of carbonyl (C=O) groups excluding carboxylic acids is 1. The Hall–Kier alpha value is -1.35. The minimum absolute atomic E-state index is 0.302. The van der Waals surface area contributed by atoms with Crippen LogP contribution in [0, 0.1) is 0 Å². The Kier molecular flexibility index (Phi) is 4.15. The van der Waals surface area contributed by atoms with Gasteiger partial charge < -0.3 is 0 Å². The van der Waals surface area contributed by atoms with E-state index in [0.717, 1.165) is 22.2 Å². The van der Waals surface area contributed by atoms with Crippen LogP contribution in [0.1, 0.15) is 12.0 Å². The Morgan fingerprint density at radius 1 is 1.29 bits per heavy atom. The summed E-state index contributed by atoms with van der Waals surface area (Å²) in [6, 6.07) is 9.90. The highest BCUT2D eigenvalue weighted by atomic mass is 32.2. The summed E-state index contributed by atoms with van der Waals surface area (Å²) in [6.45, 7) is 0. The fourth-order valence-electron chi connectivity index (χ4n) is 1.83. The van der Waals surface area contributed by atoms with Gasteiger partial charge in [-0.3, -0.25) is 9.78 Å². The third kappa shape index (κ3) is 3.07. The number of ketones is 1. The largest absolute Gasteiger partial charge is 0.299 e. The van der Waals surface area contributed by atoms with Crippen molar-refractivity contribution in [1.82, 2.24) is 4.98 Å². The second-order valence-corrected chi connectivity index (χ2v) is 4.93. The lowest BCUT2D eigenvalue weighted by atomic mass is 10.0. The predicted molar refractivity (Wildman–Crippen MR) is 73.5 cm³/mol. The van der Waals surface area contributed by atoms with Crippen LogP contribution in [-0.4, -0.2) is 22.8 Å². The zero-order valence-electron chi connectivity index (χ0n) is 9.85. The number of hydrogen-bond acceptors (Lipinski definition) is 3. The molecule has 0 N–H and O–H groups in total. The molecular formula is C14H15NOS. The molecule has 0 aliphatic carbocycles. The number of para-hydroxylation sites is 1. The number of pyridine rings is 1. The lowest BCUT2D eigenvalue weighted by Crippen LogP contribution is -2.04. The number of Topliss-reactive ketones (excluding diaryl/α,β-unsaturated/α-hetero) is 1. The van der Waals surface area contributed by atoms with Gasteiger partial charge in [0.05, 0.1) is 5.52 Å². The van der Waals surface area contributed by atoms with Crippen LogP contribution in [0.25, 0.3) is 10.9 Å². The van der Waals surface area contributed by atoms with Gasteiger partial charge in [0, 0.05) is 24.4 Å². The Labute approximate surface area is 105 Å². The summed E-state index contributed by atoms with van der Waals surface area (Å²) in [4.78, 5) is 16.1. The summed E-state index contributed by atoms with van der Waals surface area (Å²) in [5.41, 5.74) is 2.05. The van der Waals surface area contributed by atoms with Crippen LogP contribution in [0.15, 0.2) is 36.5 Å². The Bertz CT molecular complexity index is 519. The monoisotopic (exact) mass is 245 g/mol. The van der Waals surface area contributed by atoms with Crippen LogP contribution >= 0.6 is 11.8 Å². The van der Waals surface area contributed by atoms with E-state index in [1.165, 1.54) is 0 Å². The molecule has 0 aliphatic heterocycles. The third-order valence-electron chi connectivity index (χ3n) is 2.71. The van der Waals surface area contributed by atoms with Crippen molar-refractivity contribution in [1.29, 1.82) is 0 Å². The van der Waals surface area contributed by atoms with Crippen molar-refractivity contribution in [3.63, 3.8) is 0 Å². The first-order chi connectivity index (χ1) is 8.31. The lowest BCUT2D eigenvalue weighted by Gasteiger charge is -2.04. The minimum atomic E-state index is 0.302. The van der Waals surface area contributed by atoms with Gasteiger partial charge >= 0.3 is 0 Å². The van der Waals surface area contributed by atoms with Crippen LogP contribution in [0.3, 0.4) is 0 Å². The fourth-order valence-corrected chi connectivity index (χ4v) is 2.26. The maximum atomic E-state index is 11.8. The molecule has 2 aromatic rings. The standard InChI is InChI=1S/C14H15NOS/c1-17-9-7-12(16)10-11-6-8-15-14-5-3-2-4-13(11)14/h2-6,8H,7,9-10H2,1H3. The molecule has 1 heterocycles. The van der Waals surface area contributed by atoms with E-state index in [2.05, 4.69) is 4.98 Å². The molecule has 0 amide bonds. The molecule has 0 atom stereocenters. The predicted octanol–water partition coefficient (Wildman–Crippen LogP) is 3.10. The number of carbonyl (C=O) groups is 1. The van der Waals surface area contributed by atoms with E-state index in [9.17, 15) is 4.79 Å². The average Bonchev–Trinajstić information content (AvgIpc) is 2.37. The van der Waals surface area contributed by atoms with Crippen LogP contribution < -0.4 is 0 Å². The van der Waals surface area contributed by atoms with Gasteiger partial charge in [0.25, 0.3) is 0 Å². The molecule has 3 heteroatoms. The quantitative estimate of drug-likeness (QED) is 0.810. The van der Waals surface area contributed by atoms with Gasteiger partial charge in [-0.2, -0.15) is 11.8 Å². The minimum Gasteiger partial charge on any atom is -0.299 e. The summed E-state index contributed by atoms with van der Waals surface area (Å²) in [6.07, 6.45) is 4.97. The molecule has 0 bridgehead atoms. The van der Waals surface area contributed by atoms with Gasteiger partial charge in [0.2, 0.25) is 0 Å². The van der Waals surface area contributed by atoms with Gasteiger partial charge in [-0.25, -0.2) is 0 Å². The smallest absolute Gasteiger partial charge is 0.138 e. The van der Waals surface area contributed by atoms with E-state index in [-0.39, 0.29) is 0 Å². The van der Waals surface area contributed by atoms with Crippen LogP contribution in [0.4, 0.5) is 0 Å². The molecule has 2 rings (SSSR count). The molecule has 0 radical (unpaired) electrons. The first-order valence-corrected chi connectivity index (χ1v) is 7.04. The Balaban J connectivity index is 2.21. The normalized spacial score (nSPS) is 10.6. The number of hydrogen-bond donors (Lipinski definition) is 0. The van der Waals surface area contributed by atoms with Crippen molar-refractivity contribution in [3.8, 4) is 0 Å². The molecule has 0 aliphatic rings.